The van der Waals surface area contributed by atoms with Crippen molar-refractivity contribution in [3.05, 3.63) is 33.9 Å². The molecule has 1 saturated heterocycles. The number of hydrogen-bond acceptors (Lipinski definition) is 5. The zero-order valence-corrected chi connectivity index (χ0v) is 14.2. The fraction of sp³-hybridized carbons (Fsp3) is 0.529. The predicted molar refractivity (Wildman–Crippen MR) is 92.7 cm³/mol. The van der Waals surface area contributed by atoms with Gasteiger partial charge in [-0.05, 0) is 25.0 Å². The lowest BCUT2D eigenvalue weighted by Gasteiger charge is -2.35. The summed E-state index contributed by atoms with van der Waals surface area (Å²) in [5.41, 5.74) is 0.734. The summed E-state index contributed by atoms with van der Waals surface area (Å²) in [5.74, 6) is -0.170. The maximum absolute atomic E-state index is 12.1. The van der Waals surface area contributed by atoms with Gasteiger partial charge in [0.25, 0.3) is 11.6 Å². The Morgan fingerprint density at radius 1 is 1.24 bits per heavy atom. The lowest BCUT2D eigenvalue weighted by Crippen LogP contribution is -2.48. The number of nitro benzene ring substituents is 1. The fourth-order valence-electron chi connectivity index (χ4n) is 3.00. The fourth-order valence-corrected chi connectivity index (χ4v) is 3.00. The molecule has 25 heavy (non-hydrogen) atoms. The number of anilines is 1. The van der Waals surface area contributed by atoms with Gasteiger partial charge in [-0.25, -0.2) is 0 Å². The van der Waals surface area contributed by atoms with E-state index in [9.17, 15) is 19.7 Å². The molecule has 1 saturated carbocycles. The normalized spacial score (nSPS) is 17.3. The number of benzene rings is 1. The van der Waals surface area contributed by atoms with E-state index in [-0.39, 0.29) is 23.5 Å². The summed E-state index contributed by atoms with van der Waals surface area (Å²) < 4.78 is 0. The van der Waals surface area contributed by atoms with E-state index in [2.05, 4.69) is 5.32 Å². The Bertz CT molecular complexity index is 694. The van der Waals surface area contributed by atoms with Gasteiger partial charge in [0.2, 0.25) is 5.91 Å². The van der Waals surface area contributed by atoms with Crippen LogP contribution in [0.15, 0.2) is 18.2 Å². The second-order valence-corrected chi connectivity index (χ2v) is 6.43. The molecule has 1 aromatic carbocycles. The molecule has 0 bridgehead atoms. The number of rotatable bonds is 5. The van der Waals surface area contributed by atoms with Crippen LogP contribution in [0.5, 0.6) is 0 Å². The molecule has 2 amide bonds. The molecule has 1 aliphatic heterocycles. The second kappa shape index (κ2) is 7.08. The van der Waals surface area contributed by atoms with Crippen molar-refractivity contribution in [3.8, 4) is 0 Å². The van der Waals surface area contributed by atoms with Crippen molar-refractivity contribution in [1.82, 2.24) is 10.2 Å². The molecule has 0 aromatic heterocycles. The monoisotopic (exact) mass is 346 g/mol. The number of nitro groups is 1. The van der Waals surface area contributed by atoms with Crippen molar-refractivity contribution in [3.63, 3.8) is 0 Å². The third-order valence-corrected chi connectivity index (χ3v) is 4.62. The molecule has 1 heterocycles. The minimum Gasteiger partial charge on any atom is -0.362 e. The first-order chi connectivity index (χ1) is 12.0. The number of nitrogens with zero attached hydrogens (tertiary/aromatic N) is 3. The molecular formula is C17H22N4O4. The zero-order valence-electron chi connectivity index (χ0n) is 14.2. The topological polar surface area (TPSA) is 95.8 Å². The molecule has 134 valence electrons. The Labute approximate surface area is 145 Å². The molecule has 0 spiro atoms. The maximum Gasteiger partial charge on any atom is 0.293 e. The summed E-state index contributed by atoms with van der Waals surface area (Å²) in [4.78, 5) is 38.6. The van der Waals surface area contributed by atoms with Gasteiger partial charge in [-0.2, -0.15) is 0 Å². The average Bonchev–Trinajstić information content (AvgIpc) is 3.44. The van der Waals surface area contributed by atoms with Crippen molar-refractivity contribution in [2.45, 2.75) is 32.2 Å². The van der Waals surface area contributed by atoms with Crippen molar-refractivity contribution in [2.24, 2.45) is 0 Å². The summed E-state index contributed by atoms with van der Waals surface area (Å²) in [6, 6.07) is 4.81. The minimum absolute atomic E-state index is 0.0706. The van der Waals surface area contributed by atoms with Gasteiger partial charge < -0.3 is 15.1 Å². The largest absolute Gasteiger partial charge is 0.362 e. The highest BCUT2D eigenvalue weighted by atomic mass is 16.6. The van der Waals surface area contributed by atoms with Crippen LogP contribution in [0, 0.1) is 10.1 Å². The third-order valence-electron chi connectivity index (χ3n) is 4.62. The molecular weight excluding hydrogens is 324 g/mol. The van der Waals surface area contributed by atoms with Gasteiger partial charge in [0.05, 0.1) is 4.92 Å². The summed E-state index contributed by atoms with van der Waals surface area (Å²) in [6.07, 6.45) is 2.39. The smallest absolute Gasteiger partial charge is 0.293 e. The Morgan fingerprint density at radius 2 is 1.92 bits per heavy atom. The molecule has 8 heteroatoms. The molecule has 0 radical (unpaired) electrons. The summed E-state index contributed by atoms with van der Waals surface area (Å²) in [5, 5.41) is 14.3. The minimum atomic E-state index is -0.452. The quantitative estimate of drug-likeness (QED) is 0.644. The number of carbonyl (C=O) groups excluding carboxylic acids is 2. The van der Waals surface area contributed by atoms with Crippen molar-refractivity contribution in [1.29, 1.82) is 0 Å². The Kier molecular flexibility index (Phi) is 4.87. The molecule has 0 atom stereocenters. The van der Waals surface area contributed by atoms with Crippen LogP contribution in [0.3, 0.4) is 0 Å². The number of amides is 2. The van der Waals surface area contributed by atoms with E-state index >= 15 is 0 Å². The van der Waals surface area contributed by atoms with Crippen LogP contribution < -0.4 is 10.2 Å². The highest BCUT2D eigenvalue weighted by Gasteiger charge is 2.28. The van der Waals surface area contributed by atoms with Crippen LogP contribution in [-0.2, 0) is 4.79 Å². The van der Waals surface area contributed by atoms with E-state index in [0.717, 1.165) is 12.8 Å². The first-order valence-corrected chi connectivity index (χ1v) is 8.61. The van der Waals surface area contributed by atoms with Crippen LogP contribution in [0.25, 0.3) is 0 Å². The Balaban J connectivity index is 1.75. The van der Waals surface area contributed by atoms with E-state index < -0.39 is 4.92 Å². The van der Waals surface area contributed by atoms with Gasteiger partial charge in [0, 0.05) is 50.3 Å². The zero-order chi connectivity index (χ0) is 18.0. The van der Waals surface area contributed by atoms with Gasteiger partial charge in [-0.1, -0.05) is 6.92 Å². The van der Waals surface area contributed by atoms with Crippen LogP contribution in [0.4, 0.5) is 11.4 Å². The van der Waals surface area contributed by atoms with E-state index in [0.29, 0.717) is 43.9 Å². The molecule has 0 unspecified atom stereocenters. The van der Waals surface area contributed by atoms with Gasteiger partial charge >= 0.3 is 0 Å². The van der Waals surface area contributed by atoms with E-state index in [1.54, 1.807) is 17.0 Å². The standard InChI is InChI=1S/C17H22N4O4/c1-2-16(22)20-9-7-19(8-10-20)14-6-3-12(11-15(14)21(24)25)17(23)18-13-4-5-13/h3,6,11,13H,2,4-5,7-10H2,1H3,(H,18,23). The molecule has 1 aliphatic carbocycles. The molecule has 2 fully saturated rings. The number of hydrogen-bond donors (Lipinski definition) is 1. The van der Waals surface area contributed by atoms with Crippen LogP contribution in [-0.4, -0.2) is 53.9 Å². The molecule has 3 rings (SSSR count). The summed E-state index contributed by atoms with van der Waals surface area (Å²) in [7, 11) is 0. The predicted octanol–water partition coefficient (Wildman–Crippen LogP) is 1.55. The third kappa shape index (κ3) is 3.89. The first kappa shape index (κ1) is 17.2. The van der Waals surface area contributed by atoms with Crippen molar-refractivity contribution >= 4 is 23.2 Å². The lowest BCUT2D eigenvalue weighted by atomic mass is 10.1. The number of carbonyl (C=O) groups is 2. The number of nitrogens with one attached hydrogen (secondary N) is 1. The van der Waals surface area contributed by atoms with Gasteiger partial charge in [0.15, 0.2) is 0 Å². The van der Waals surface area contributed by atoms with E-state index in [4.69, 9.17) is 0 Å². The SMILES string of the molecule is CCC(=O)N1CCN(c2ccc(C(=O)NC3CC3)cc2[N+](=O)[O-])CC1. The lowest BCUT2D eigenvalue weighted by molar-refractivity contribution is -0.384. The second-order valence-electron chi connectivity index (χ2n) is 6.43. The Morgan fingerprint density at radius 3 is 2.48 bits per heavy atom. The van der Waals surface area contributed by atoms with Gasteiger partial charge in [0.1, 0.15) is 5.69 Å². The van der Waals surface area contributed by atoms with Gasteiger partial charge in [-0.3, -0.25) is 19.7 Å². The number of piperazine rings is 1. The van der Waals surface area contributed by atoms with Crippen LogP contribution >= 0.6 is 0 Å². The molecule has 1 N–H and O–H groups in total. The Hall–Kier alpha value is -2.64. The van der Waals surface area contributed by atoms with E-state index in [1.807, 2.05) is 11.8 Å². The summed E-state index contributed by atoms with van der Waals surface area (Å²) in [6.45, 7) is 4.01. The van der Waals surface area contributed by atoms with Crippen molar-refractivity contribution in [2.75, 3.05) is 31.1 Å². The maximum atomic E-state index is 12.1. The molecule has 1 aromatic rings. The first-order valence-electron chi connectivity index (χ1n) is 8.61. The molecule has 8 nitrogen and oxygen atoms in total. The van der Waals surface area contributed by atoms with Crippen LogP contribution in [0.2, 0.25) is 0 Å². The average molecular weight is 346 g/mol. The highest BCUT2D eigenvalue weighted by Crippen LogP contribution is 2.30. The summed E-state index contributed by atoms with van der Waals surface area (Å²) >= 11 is 0. The molecule has 2 aliphatic rings. The highest BCUT2D eigenvalue weighted by molar-refractivity contribution is 5.96. The van der Waals surface area contributed by atoms with E-state index in [1.165, 1.54) is 6.07 Å². The van der Waals surface area contributed by atoms with Crippen molar-refractivity contribution < 1.29 is 14.5 Å². The van der Waals surface area contributed by atoms with Crippen LogP contribution in [0.1, 0.15) is 36.5 Å². The van der Waals surface area contributed by atoms with Gasteiger partial charge in [-0.15, -0.1) is 0 Å².